The Labute approximate surface area is 116 Å². The van der Waals surface area contributed by atoms with E-state index in [4.69, 9.17) is 5.73 Å². The zero-order valence-corrected chi connectivity index (χ0v) is 11.4. The highest BCUT2D eigenvalue weighted by Gasteiger charge is 2.16. The molecule has 0 radical (unpaired) electrons. The Balaban J connectivity index is 2.23. The molecule has 0 saturated carbocycles. The minimum Gasteiger partial charge on any atom is -0.368 e. The normalized spacial score (nSPS) is 10.7. The Bertz CT molecular complexity index is 760. The third kappa shape index (κ3) is 2.03. The Morgan fingerprint density at radius 2 is 1.90 bits per heavy atom. The van der Waals surface area contributed by atoms with Gasteiger partial charge in [0.25, 0.3) is 0 Å². The van der Waals surface area contributed by atoms with Crippen molar-refractivity contribution in [3.8, 4) is 22.5 Å². The van der Waals surface area contributed by atoms with Gasteiger partial charge in [0.15, 0.2) is 0 Å². The molecule has 2 aromatic heterocycles. The predicted molar refractivity (Wildman–Crippen MR) is 78.9 cm³/mol. The first-order chi connectivity index (χ1) is 9.66. The number of rotatable bonds is 2. The molecule has 0 atom stereocenters. The van der Waals surface area contributed by atoms with Crippen LogP contribution in [0.2, 0.25) is 0 Å². The molecule has 20 heavy (non-hydrogen) atoms. The summed E-state index contributed by atoms with van der Waals surface area (Å²) in [6.07, 6.45) is 1.66. The monoisotopic (exact) mass is 265 g/mol. The third-order valence-electron chi connectivity index (χ3n) is 3.28. The van der Waals surface area contributed by atoms with Gasteiger partial charge < -0.3 is 5.73 Å². The molecule has 0 fully saturated rings. The Kier molecular flexibility index (Phi) is 2.95. The lowest BCUT2D eigenvalue weighted by Gasteiger charge is -2.06. The number of aryl methyl sites for hydroxylation is 2. The summed E-state index contributed by atoms with van der Waals surface area (Å²) in [6, 6.07) is 9.98. The molecule has 2 heterocycles. The van der Waals surface area contributed by atoms with E-state index in [0.717, 1.165) is 28.2 Å². The van der Waals surface area contributed by atoms with Crippen LogP contribution in [0.4, 0.5) is 5.95 Å². The highest BCUT2D eigenvalue weighted by atomic mass is 15.1. The van der Waals surface area contributed by atoms with Gasteiger partial charge in [-0.25, -0.2) is 9.97 Å². The van der Waals surface area contributed by atoms with E-state index in [2.05, 4.69) is 39.2 Å². The van der Waals surface area contributed by atoms with Gasteiger partial charge in [-0.2, -0.15) is 5.10 Å². The van der Waals surface area contributed by atoms with Crippen LogP contribution in [-0.2, 0) is 0 Å². The molecule has 0 unspecified atom stereocenters. The Morgan fingerprint density at radius 3 is 2.65 bits per heavy atom. The molecule has 1 aromatic carbocycles. The minimum atomic E-state index is 0.263. The quantitative estimate of drug-likeness (QED) is 0.746. The molecule has 5 heteroatoms. The Hall–Kier alpha value is -2.69. The summed E-state index contributed by atoms with van der Waals surface area (Å²) in [5.41, 5.74) is 11.5. The molecule has 3 N–H and O–H groups in total. The summed E-state index contributed by atoms with van der Waals surface area (Å²) >= 11 is 0. The molecule has 0 bridgehead atoms. The number of H-pyrrole nitrogens is 1. The van der Waals surface area contributed by atoms with Crippen molar-refractivity contribution in [3.63, 3.8) is 0 Å². The van der Waals surface area contributed by atoms with Gasteiger partial charge in [0.1, 0.15) is 5.69 Å². The summed E-state index contributed by atoms with van der Waals surface area (Å²) < 4.78 is 0. The van der Waals surface area contributed by atoms with Crippen LogP contribution >= 0.6 is 0 Å². The first-order valence-corrected chi connectivity index (χ1v) is 6.36. The zero-order chi connectivity index (χ0) is 14.1. The average molecular weight is 265 g/mol. The number of nitrogens with two attached hydrogens (primary N) is 1. The van der Waals surface area contributed by atoms with E-state index >= 15 is 0 Å². The fourth-order valence-corrected chi connectivity index (χ4v) is 2.29. The largest absolute Gasteiger partial charge is 0.368 e. The van der Waals surface area contributed by atoms with Crippen LogP contribution in [0.3, 0.4) is 0 Å². The number of anilines is 1. The van der Waals surface area contributed by atoms with Gasteiger partial charge in [0, 0.05) is 23.0 Å². The summed E-state index contributed by atoms with van der Waals surface area (Å²) in [5.74, 6) is 0.263. The maximum Gasteiger partial charge on any atom is 0.220 e. The molecule has 0 aliphatic carbocycles. The molecular weight excluding hydrogens is 250 g/mol. The summed E-state index contributed by atoms with van der Waals surface area (Å²) in [7, 11) is 0. The van der Waals surface area contributed by atoms with Crippen LogP contribution in [0.25, 0.3) is 22.5 Å². The number of nitrogen functional groups attached to an aromatic ring is 1. The third-order valence-corrected chi connectivity index (χ3v) is 3.28. The molecule has 5 nitrogen and oxygen atoms in total. The molecule has 0 aliphatic heterocycles. The van der Waals surface area contributed by atoms with Gasteiger partial charge in [-0.3, -0.25) is 5.10 Å². The molecule has 0 spiro atoms. The highest BCUT2D eigenvalue weighted by molar-refractivity contribution is 5.82. The molecule has 3 aromatic rings. The first-order valence-electron chi connectivity index (χ1n) is 6.36. The van der Waals surface area contributed by atoms with Crippen molar-refractivity contribution in [2.75, 3.05) is 5.73 Å². The van der Waals surface area contributed by atoms with E-state index in [1.54, 1.807) is 6.20 Å². The smallest absolute Gasteiger partial charge is 0.220 e. The fourth-order valence-electron chi connectivity index (χ4n) is 2.29. The molecule has 0 amide bonds. The number of nitrogens with zero attached hydrogens (tertiary/aromatic N) is 3. The first kappa shape index (κ1) is 12.3. The number of aromatic amines is 1. The van der Waals surface area contributed by atoms with Crippen LogP contribution in [-0.4, -0.2) is 20.2 Å². The van der Waals surface area contributed by atoms with Crippen LogP contribution in [0.15, 0.2) is 36.5 Å². The van der Waals surface area contributed by atoms with Crippen LogP contribution in [0, 0.1) is 13.8 Å². The lowest BCUT2D eigenvalue weighted by molar-refractivity contribution is 1.05. The van der Waals surface area contributed by atoms with Gasteiger partial charge in [0.05, 0.1) is 5.69 Å². The molecule has 0 saturated heterocycles. The van der Waals surface area contributed by atoms with Crippen LogP contribution < -0.4 is 5.73 Å². The number of benzene rings is 1. The second kappa shape index (κ2) is 4.77. The van der Waals surface area contributed by atoms with Crippen LogP contribution in [0.1, 0.15) is 11.3 Å². The van der Waals surface area contributed by atoms with Gasteiger partial charge in [-0.1, -0.05) is 24.3 Å². The highest BCUT2D eigenvalue weighted by Crippen LogP contribution is 2.33. The topological polar surface area (TPSA) is 80.5 Å². The van der Waals surface area contributed by atoms with Crippen molar-refractivity contribution in [1.82, 2.24) is 20.2 Å². The van der Waals surface area contributed by atoms with Crippen LogP contribution in [0.5, 0.6) is 0 Å². The van der Waals surface area contributed by atoms with Crippen molar-refractivity contribution >= 4 is 5.95 Å². The maximum atomic E-state index is 5.68. The van der Waals surface area contributed by atoms with Gasteiger partial charge in [0.2, 0.25) is 5.95 Å². The minimum absolute atomic E-state index is 0.263. The molecule has 3 rings (SSSR count). The van der Waals surface area contributed by atoms with E-state index in [9.17, 15) is 0 Å². The maximum absolute atomic E-state index is 5.68. The average Bonchev–Trinajstić information content (AvgIpc) is 2.81. The Morgan fingerprint density at radius 1 is 1.10 bits per heavy atom. The van der Waals surface area contributed by atoms with Crippen molar-refractivity contribution in [2.45, 2.75) is 13.8 Å². The zero-order valence-electron chi connectivity index (χ0n) is 11.4. The van der Waals surface area contributed by atoms with Crippen molar-refractivity contribution < 1.29 is 0 Å². The van der Waals surface area contributed by atoms with Crippen molar-refractivity contribution in [1.29, 1.82) is 0 Å². The second-order valence-corrected chi connectivity index (χ2v) is 4.69. The van der Waals surface area contributed by atoms with E-state index < -0.39 is 0 Å². The van der Waals surface area contributed by atoms with E-state index in [1.165, 1.54) is 5.56 Å². The molecular formula is C15H15N5. The van der Waals surface area contributed by atoms with E-state index in [0.29, 0.717) is 0 Å². The summed E-state index contributed by atoms with van der Waals surface area (Å²) in [6.45, 7) is 4.04. The fraction of sp³-hybridized carbons (Fsp3) is 0.133. The lowest BCUT2D eigenvalue weighted by atomic mass is 10.00. The number of aromatic nitrogens is 4. The molecule has 100 valence electrons. The summed E-state index contributed by atoms with van der Waals surface area (Å²) in [4.78, 5) is 8.23. The van der Waals surface area contributed by atoms with Crippen molar-refractivity contribution in [2.24, 2.45) is 0 Å². The van der Waals surface area contributed by atoms with E-state index in [-0.39, 0.29) is 5.95 Å². The van der Waals surface area contributed by atoms with Gasteiger partial charge in [-0.05, 0) is 25.5 Å². The number of hydrogen-bond acceptors (Lipinski definition) is 4. The van der Waals surface area contributed by atoms with Gasteiger partial charge in [-0.15, -0.1) is 0 Å². The number of hydrogen-bond donors (Lipinski definition) is 2. The molecule has 0 aliphatic rings. The van der Waals surface area contributed by atoms with E-state index in [1.807, 2.05) is 25.1 Å². The second-order valence-electron chi connectivity index (χ2n) is 4.69. The SMILES string of the molecule is Cc1ccccc1-c1n[nH]c(C)c1-c1ccnc(N)n1. The van der Waals surface area contributed by atoms with Gasteiger partial charge >= 0.3 is 0 Å². The lowest BCUT2D eigenvalue weighted by Crippen LogP contribution is -1.96. The standard InChI is InChI=1S/C15H15N5/c1-9-5-3-4-6-11(9)14-13(10(2)19-20-14)12-7-8-17-15(16)18-12/h3-8H,1-2H3,(H,19,20)(H2,16,17,18). The van der Waals surface area contributed by atoms with Crippen molar-refractivity contribution in [3.05, 3.63) is 47.8 Å². The summed E-state index contributed by atoms with van der Waals surface area (Å²) in [5, 5.41) is 7.46. The predicted octanol–water partition coefficient (Wildman–Crippen LogP) is 2.73. The number of nitrogens with one attached hydrogen (secondary N) is 1.